The summed E-state index contributed by atoms with van der Waals surface area (Å²) in [5, 5.41) is 9.06. The summed E-state index contributed by atoms with van der Waals surface area (Å²) < 4.78 is 0. The summed E-state index contributed by atoms with van der Waals surface area (Å²) in [6, 6.07) is 7.65. The Kier molecular flexibility index (Phi) is 4.05. The zero-order valence-corrected chi connectivity index (χ0v) is 12.5. The molecule has 1 fully saturated rings. The van der Waals surface area contributed by atoms with Crippen molar-refractivity contribution in [3.8, 4) is 0 Å². The molecule has 1 aromatic carbocycles. The van der Waals surface area contributed by atoms with Crippen molar-refractivity contribution in [2.75, 3.05) is 36.0 Å². The fourth-order valence-electron chi connectivity index (χ4n) is 2.99. The average molecular weight is 306 g/mol. The third-order valence-corrected chi connectivity index (χ3v) is 4.95. The second kappa shape index (κ2) is 5.97. The van der Waals surface area contributed by atoms with Crippen LogP contribution in [0.3, 0.4) is 0 Å². The maximum atomic E-state index is 12.7. The quantitative estimate of drug-likeness (QED) is 0.910. The first-order valence-corrected chi connectivity index (χ1v) is 8.27. The Bertz CT molecular complexity index is 558. The number of urea groups is 1. The van der Waals surface area contributed by atoms with Crippen LogP contribution in [-0.2, 0) is 4.79 Å². The van der Waals surface area contributed by atoms with Crippen molar-refractivity contribution >= 4 is 29.4 Å². The SMILES string of the molecule is O=C(O)CC1CN(C(=O)N2CCSCC2)c2ccccc21. The van der Waals surface area contributed by atoms with Crippen molar-refractivity contribution in [2.24, 2.45) is 0 Å². The lowest BCUT2D eigenvalue weighted by Gasteiger charge is -2.31. The van der Waals surface area contributed by atoms with Crippen LogP contribution >= 0.6 is 11.8 Å². The number of carbonyl (C=O) groups is 2. The minimum absolute atomic E-state index is 0.00985. The molecule has 1 unspecified atom stereocenters. The Morgan fingerprint density at radius 1 is 1.24 bits per heavy atom. The Morgan fingerprint density at radius 3 is 2.67 bits per heavy atom. The predicted octanol–water partition coefficient (Wildman–Crippen LogP) is 2.23. The number of carbonyl (C=O) groups excluding carboxylic acids is 1. The van der Waals surface area contributed by atoms with E-state index in [1.54, 1.807) is 4.90 Å². The van der Waals surface area contributed by atoms with Crippen LogP contribution in [0.5, 0.6) is 0 Å². The summed E-state index contributed by atoms with van der Waals surface area (Å²) in [5.41, 5.74) is 1.84. The molecule has 3 rings (SSSR count). The van der Waals surface area contributed by atoms with Gasteiger partial charge in [0.15, 0.2) is 0 Å². The molecule has 1 N–H and O–H groups in total. The second-order valence-electron chi connectivity index (χ2n) is 5.35. The van der Waals surface area contributed by atoms with Crippen LogP contribution < -0.4 is 4.90 Å². The van der Waals surface area contributed by atoms with Gasteiger partial charge in [0.05, 0.1) is 6.42 Å². The summed E-state index contributed by atoms with van der Waals surface area (Å²) >= 11 is 1.86. The number of amides is 2. The molecule has 1 saturated heterocycles. The Hall–Kier alpha value is -1.69. The van der Waals surface area contributed by atoms with Gasteiger partial charge in [0.2, 0.25) is 0 Å². The standard InChI is InChI=1S/C15H18N2O3S/c18-14(19)9-11-10-17(13-4-2-1-3-12(11)13)15(20)16-5-7-21-8-6-16/h1-4,11H,5-10H2,(H,18,19). The molecule has 2 aliphatic heterocycles. The van der Waals surface area contributed by atoms with E-state index < -0.39 is 5.97 Å². The monoisotopic (exact) mass is 306 g/mol. The molecule has 1 aromatic rings. The maximum absolute atomic E-state index is 12.7. The first-order valence-electron chi connectivity index (χ1n) is 7.11. The highest BCUT2D eigenvalue weighted by Gasteiger charge is 2.35. The fraction of sp³-hybridized carbons (Fsp3) is 0.467. The second-order valence-corrected chi connectivity index (χ2v) is 6.57. The molecule has 0 bridgehead atoms. The number of carboxylic acid groups (broad SMARTS) is 1. The number of fused-ring (bicyclic) bond motifs is 1. The van der Waals surface area contributed by atoms with E-state index >= 15 is 0 Å². The third-order valence-electron chi connectivity index (χ3n) is 4.00. The molecular formula is C15H18N2O3S. The van der Waals surface area contributed by atoms with Crippen LogP contribution in [0, 0.1) is 0 Å². The number of thioether (sulfide) groups is 1. The van der Waals surface area contributed by atoms with Gasteiger partial charge in [0, 0.05) is 42.7 Å². The highest BCUT2D eigenvalue weighted by molar-refractivity contribution is 7.99. The van der Waals surface area contributed by atoms with Gasteiger partial charge in [-0.3, -0.25) is 9.69 Å². The van der Waals surface area contributed by atoms with Crippen molar-refractivity contribution in [2.45, 2.75) is 12.3 Å². The molecular weight excluding hydrogens is 288 g/mol. The Labute approximate surface area is 127 Å². The van der Waals surface area contributed by atoms with Gasteiger partial charge in [-0.2, -0.15) is 11.8 Å². The summed E-state index contributed by atoms with van der Waals surface area (Å²) in [5.74, 6) is 1.01. The van der Waals surface area contributed by atoms with Gasteiger partial charge in [-0.1, -0.05) is 18.2 Å². The lowest BCUT2D eigenvalue weighted by atomic mass is 9.98. The maximum Gasteiger partial charge on any atom is 0.324 e. The normalized spacial score (nSPS) is 21.2. The van der Waals surface area contributed by atoms with E-state index in [0.29, 0.717) is 6.54 Å². The molecule has 0 radical (unpaired) electrons. The lowest BCUT2D eigenvalue weighted by Crippen LogP contribution is -2.46. The molecule has 0 aliphatic carbocycles. The van der Waals surface area contributed by atoms with Crippen LogP contribution in [0.2, 0.25) is 0 Å². The zero-order chi connectivity index (χ0) is 14.8. The van der Waals surface area contributed by atoms with Crippen LogP contribution in [0.4, 0.5) is 10.5 Å². The van der Waals surface area contributed by atoms with Crippen molar-refractivity contribution in [1.29, 1.82) is 0 Å². The Balaban J connectivity index is 1.83. The van der Waals surface area contributed by atoms with E-state index in [1.807, 2.05) is 40.9 Å². The first-order chi connectivity index (χ1) is 10.2. The predicted molar refractivity (Wildman–Crippen MR) is 83.1 cm³/mol. The molecule has 21 heavy (non-hydrogen) atoms. The number of nitrogens with zero attached hydrogens (tertiary/aromatic N) is 2. The molecule has 2 amide bonds. The van der Waals surface area contributed by atoms with Gasteiger partial charge < -0.3 is 10.0 Å². The number of benzene rings is 1. The largest absolute Gasteiger partial charge is 0.481 e. The first kappa shape index (κ1) is 14.3. The van der Waals surface area contributed by atoms with E-state index in [9.17, 15) is 9.59 Å². The number of hydrogen-bond donors (Lipinski definition) is 1. The number of para-hydroxylation sites is 1. The molecule has 112 valence electrons. The molecule has 0 aromatic heterocycles. The number of aliphatic carboxylic acids is 1. The van der Waals surface area contributed by atoms with Gasteiger partial charge in [-0.15, -0.1) is 0 Å². The van der Waals surface area contributed by atoms with Gasteiger partial charge in [0.1, 0.15) is 0 Å². The van der Waals surface area contributed by atoms with E-state index in [2.05, 4.69) is 0 Å². The van der Waals surface area contributed by atoms with E-state index in [1.165, 1.54) is 0 Å². The fourth-order valence-corrected chi connectivity index (χ4v) is 3.89. The van der Waals surface area contributed by atoms with Crippen molar-refractivity contribution in [3.63, 3.8) is 0 Å². The van der Waals surface area contributed by atoms with Crippen LogP contribution in [0.1, 0.15) is 17.9 Å². The van der Waals surface area contributed by atoms with Gasteiger partial charge >= 0.3 is 12.0 Å². The summed E-state index contributed by atoms with van der Waals surface area (Å²) in [6.07, 6.45) is 0.0661. The van der Waals surface area contributed by atoms with Crippen LogP contribution in [0.25, 0.3) is 0 Å². The highest BCUT2D eigenvalue weighted by atomic mass is 32.2. The minimum atomic E-state index is -0.821. The number of carboxylic acids is 1. The summed E-state index contributed by atoms with van der Waals surface area (Å²) in [7, 11) is 0. The Morgan fingerprint density at radius 2 is 1.95 bits per heavy atom. The van der Waals surface area contributed by atoms with Gasteiger partial charge in [-0.25, -0.2) is 4.79 Å². The van der Waals surface area contributed by atoms with E-state index in [-0.39, 0.29) is 18.4 Å². The highest BCUT2D eigenvalue weighted by Crippen LogP contribution is 2.38. The molecule has 0 saturated carbocycles. The summed E-state index contributed by atoms with van der Waals surface area (Å²) in [4.78, 5) is 27.3. The number of hydrogen-bond acceptors (Lipinski definition) is 3. The molecule has 6 heteroatoms. The van der Waals surface area contributed by atoms with Gasteiger partial charge in [0.25, 0.3) is 0 Å². The average Bonchev–Trinajstić information content (AvgIpc) is 2.86. The molecule has 5 nitrogen and oxygen atoms in total. The van der Waals surface area contributed by atoms with E-state index in [0.717, 1.165) is 35.8 Å². The molecule has 1 atom stereocenters. The smallest absolute Gasteiger partial charge is 0.324 e. The van der Waals surface area contributed by atoms with Crippen molar-refractivity contribution in [3.05, 3.63) is 29.8 Å². The third kappa shape index (κ3) is 2.85. The van der Waals surface area contributed by atoms with Crippen molar-refractivity contribution < 1.29 is 14.7 Å². The molecule has 2 aliphatic rings. The zero-order valence-electron chi connectivity index (χ0n) is 11.7. The molecule has 2 heterocycles. The topological polar surface area (TPSA) is 60.9 Å². The molecule has 0 spiro atoms. The number of rotatable bonds is 2. The van der Waals surface area contributed by atoms with Crippen molar-refractivity contribution in [1.82, 2.24) is 4.90 Å². The van der Waals surface area contributed by atoms with Crippen LogP contribution in [-0.4, -0.2) is 53.1 Å². The summed E-state index contributed by atoms with van der Waals surface area (Å²) in [6.45, 7) is 2.01. The lowest BCUT2D eigenvalue weighted by molar-refractivity contribution is -0.137. The van der Waals surface area contributed by atoms with Crippen LogP contribution in [0.15, 0.2) is 24.3 Å². The van der Waals surface area contributed by atoms with E-state index in [4.69, 9.17) is 5.11 Å². The van der Waals surface area contributed by atoms with Gasteiger partial charge in [-0.05, 0) is 11.6 Å². The minimum Gasteiger partial charge on any atom is -0.481 e. The number of anilines is 1.